The number of hydrogen-bond acceptors (Lipinski definition) is 3. The fraction of sp³-hybridized carbons (Fsp3) is 1.00. The third-order valence-corrected chi connectivity index (χ3v) is 3.17. The SMILES string of the molecule is CC(C)(C)O[C@@H]1CN(C(C)(C)C)C[C@H]1OC(C)(C)C. The molecule has 114 valence electrons. The predicted molar refractivity (Wildman–Crippen MR) is 80.6 cm³/mol. The number of nitrogens with zero attached hydrogens (tertiary/aromatic N) is 1. The van der Waals surface area contributed by atoms with Crippen molar-refractivity contribution >= 4 is 0 Å². The molecule has 0 aromatic carbocycles. The summed E-state index contributed by atoms with van der Waals surface area (Å²) in [7, 11) is 0. The first kappa shape index (κ1) is 16.9. The molecule has 0 aliphatic carbocycles. The van der Waals surface area contributed by atoms with Gasteiger partial charge in [0.25, 0.3) is 0 Å². The lowest BCUT2D eigenvalue weighted by Gasteiger charge is -2.32. The molecule has 0 spiro atoms. The maximum atomic E-state index is 6.22. The molecule has 1 rings (SSSR count). The van der Waals surface area contributed by atoms with Crippen molar-refractivity contribution in [2.45, 2.75) is 91.3 Å². The molecule has 0 radical (unpaired) electrons. The summed E-state index contributed by atoms with van der Waals surface area (Å²) in [5, 5.41) is 0. The number of hydrogen-bond donors (Lipinski definition) is 0. The van der Waals surface area contributed by atoms with E-state index in [0.29, 0.717) is 0 Å². The van der Waals surface area contributed by atoms with E-state index in [2.05, 4.69) is 67.2 Å². The van der Waals surface area contributed by atoms with Gasteiger partial charge in [-0.15, -0.1) is 0 Å². The van der Waals surface area contributed by atoms with Crippen LogP contribution in [-0.2, 0) is 9.47 Å². The Bertz CT molecular complexity index is 269. The first-order valence-corrected chi connectivity index (χ1v) is 7.39. The maximum Gasteiger partial charge on any atom is 0.0983 e. The van der Waals surface area contributed by atoms with Gasteiger partial charge in [0.05, 0.1) is 23.4 Å². The van der Waals surface area contributed by atoms with E-state index in [1.807, 2.05) is 0 Å². The molecule has 3 nitrogen and oxygen atoms in total. The molecule has 1 saturated heterocycles. The fourth-order valence-electron chi connectivity index (χ4n) is 2.43. The van der Waals surface area contributed by atoms with Crippen LogP contribution in [0.25, 0.3) is 0 Å². The smallest absolute Gasteiger partial charge is 0.0983 e. The first-order valence-electron chi connectivity index (χ1n) is 7.39. The highest BCUT2D eigenvalue weighted by Gasteiger charge is 2.42. The molecule has 1 aliphatic rings. The Labute approximate surface area is 119 Å². The molecule has 0 amide bonds. The monoisotopic (exact) mass is 271 g/mol. The van der Waals surface area contributed by atoms with Crippen LogP contribution in [0.15, 0.2) is 0 Å². The Hall–Kier alpha value is -0.120. The van der Waals surface area contributed by atoms with E-state index in [0.717, 1.165) is 13.1 Å². The number of likely N-dealkylation sites (tertiary alicyclic amines) is 1. The van der Waals surface area contributed by atoms with Gasteiger partial charge in [0.1, 0.15) is 0 Å². The molecular formula is C16H33NO2. The van der Waals surface area contributed by atoms with Gasteiger partial charge in [0.2, 0.25) is 0 Å². The highest BCUT2D eigenvalue weighted by Crippen LogP contribution is 2.29. The maximum absolute atomic E-state index is 6.22. The van der Waals surface area contributed by atoms with E-state index in [4.69, 9.17) is 9.47 Å². The van der Waals surface area contributed by atoms with Gasteiger partial charge in [0.15, 0.2) is 0 Å². The molecule has 0 saturated carbocycles. The van der Waals surface area contributed by atoms with Gasteiger partial charge in [-0.3, -0.25) is 4.90 Å². The number of rotatable bonds is 2. The van der Waals surface area contributed by atoms with E-state index in [1.165, 1.54) is 0 Å². The van der Waals surface area contributed by atoms with Crippen LogP contribution in [0.2, 0.25) is 0 Å². The second-order valence-electron chi connectivity index (χ2n) is 8.61. The number of ether oxygens (including phenoxy) is 2. The minimum absolute atomic E-state index is 0.127. The van der Waals surface area contributed by atoms with Crippen LogP contribution in [0.4, 0.5) is 0 Å². The summed E-state index contributed by atoms with van der Waals surface area (Å²) in [5.41, 5.74) is -0.0917. The fourth-order valence-corrected chi connectivity index (χ4v) is 2.43. The van der Waals surface area contributed by atoms with Gasteiger partial charge in [-0.25, -0.2) is 0 Å². The van der Waals surface area contributed by atoms with Crippen molar-refractivity contribution in [3.63, 3.8) is 0 Å². The highest BCUT2D eigenvalue weighted by atomic mass is 16.6. The zero-order valence-corrected chi connectivity index (χ0v) is 14.3. The standard InChI is InChI=1S/C16H33NO2/c1-14(2,3)17-10-12(18-15(4,5)6)13(11-17)19-16(7,8)9/h12-13H,10-11H2,1-9H3/t12-,13-/m1/s1. The summed E-state index contributed by atoms with van der Waals surface area (Å²) < 4.78 is 12.4. The van der Waals surface area contributed by atoms with Gasteiger partial charge in [0, 0.05) is 18.6 Å². The molecule has 0 bridgehead atoms. The molecule has 0 aromatic rings. The van der Waals surface area contributed by atoms with Crippen LogP contribution in [-0.4, -0.2) is 46.9 Å². The van der Waals surface area contributed by atoms with Crippen LogP contribution < -0.4 is 0 Å². The molecule has 19 heavy (non-hydrogen) atoms. The van der Waals surface area contributed by atoms with Crippen molar-refractivity contribution in [2.75, 3.05) is 13.1 Å². The lowest BCUT2D eigenvalue weighted by atomic mass is 10.1. The van der Waals surface area contributed by atoms with Crippen molar-refractivity contribution in [1.82, 2.24) is 4.90 Å². The van der Waals surface area contributed by atoms with Crippen molar-refractivity contribution in [1.29, 1.82) is 0 Å². The molecule has 2 atom stereocenters. The van der Waals surface area contributed by atoms with Crippen molar-refractivity contribution in [3.8, 4) is 0 Å². The molecule has 1 fully saturated rings. The topological polar surface area (TPSA) is 21.7 Å². The summed E-state index contributed by atoms with van der Waals surface area (Å²) in [6.45, 7) is 21.3. The van der Waals surface area contributed by atoms with Crippen LogP contribution in [0.1, 0.15) is 62.3 Å². The van der Waals surface area contributed by atoms with E-state index in [1.54, 1.807) is 0 Å². The summed E-state index contributed by atoms with van der Waals surface area (Å²) in [6.07, 6.45) is 0.303. The summed E-state index contributed by atoms with van der Waals surface area (Å²) in [5.74, 6) is 0. The van der Waals surface area contributed by atoms with Crippen molar-refractivity contribution in [3.05, 3.63) is 0 Å². The first-order chi connectivity index (χ1) is 8.28. The van der Waals surface area contributed by atoms with Crippen molar-refractivity contribution < 1.29 is 9.47 Å². The Morgan fingerprint density at radius 2 is 1.00 bits per heavy atom. The van der Waals surface area contributed by atoms with Crippen LogP contribution in [0, 0.1) is 0 Å². The molecular weight excluding hydrogens is 238 g/mol. The molecule has 1 aliphatic heterocycles. The van der Waals surface area contributed by atoms with Gasteiger partial charge < -0.3 is 9.47 Å². The predicted octanol–water partition coefficient (Wildman–Crippen LogP) is 3.47. The molecule has 0 aromatic heterocycles. The van der Waals surface area contributed by atoms with Gasteiger partial charge >= 0.3 is 0 Å². The third-order valence-electron chi connectivity index (χ3n) is 3.17. The Kier molecular flexibility index (Phi) is 4.76. The van der Waals surface area contributed by atoms with Gasteiger partial charge in [-0.2, -0.15) is 0 Å². The highest BCUT2D eigenvalue weighted by molar-refractivity contribution is 4.94. The van der Waals surface area contributed by atoms with Gasteiger partial charge in [-0.05, 0) is 62.3 Å². The molecule has 1 heterocycles. The third kappa shape index (κ3) is 5.80. The second kappa shape index (κ2) is 5.34. The zero-order chi connectivity index (χ0) is 15.1. The average Bonchev–Trinajstić information content (AvgIpc) is 2.41. The summed E-state index contributed by atoms with van der Waals surface area (Å²) >= 11 is 0. The van der Waals surface area contributed by atoms with Crippen LogP contribution in [0.3, 0.4) is 0 Å². The molecule has 0 unspecified atom stereocenters. The normalized spacial score (nSPS) is 27.0. The minimum atomic E-state index is -0.127. The molecule has 3 heteroatoms. The van der Waals surface area contributed by atoms with E-state index in [-0.39, 0.29) is 28.9 Å². The Morgan fingerprint density at radius 3 is 1.21 bits per heavy atom. The van der Waals surface area contributed by atoms with E-state index < -0.39 is 0 Å². The minimum Gasteiger partial charge on any atom is -0.369 e. The lowest BCUT2D eigenvalue weighted by molar-refractivity contribution is -0.142. The largest absolute Gasteiger partial charge is 0.369 e. The lowest BCUT2D eigenvalue weighted by Crippen LogP contribution is -2.41. The van der Waals surface area contributed by atoms with Crippen molar-refractivity contribution in [2.24, 2.45) is 0 Å². The summed E-state index contributed by atoms with van der Waals surface area (Å²) in [4.78, 5) is 2.46. The van der Waals surface area contributed by atoms with Crippen LogP contribution in [0.5, 0.6) is 0 Å². The Morgan fingerprint density at radius 1 is 0.684 bits per heavy atom. The Balaban J connectivity index is 2.79. The summed E-state index contributed by atoms with van der Waals surface area (Å²) in [6, 6.07) is 0. The average molecular weight is 271 g/mol. The zero-order valence-electron chi connectivity index (χ0n) is 14.3. The van der Waals surface area contributed by atoms with Gasteiger partial charge in [-0.1, -0.05) is 0 Å². The second-order valence-corrected chi connectivity index (χ2v) is 8.61. The van der Waals surface area contributed by atoms with E-state index >= 15 is 0 Å². The quantitative estimate of drug-likeness (QED) is 0.767. The van der Waals surface area contributed by atoms with Crippen LogP contribution >= 0.6 is 0 Å². The van der Waals surface area contributed by atoms with E-state index in [9.17, 15) is 0 Å². The molecule has 0 N–H and O–H groups in total.